The molecule has 0 amide bonds. The minimum absolute atomic E-state index is 0.166. The summed E-state index contributed by atoms with van der Waals surface area (Å²) < 4.78 is 0. The van der Waals surface area contributed by atoms with E-state index in [1.165, 1.54) is 178 Å². The van der Waals surface area contributed by atoms with Crippen molar-refractivity contribution in [3.63, 3.8) is 0 Å². The van der Waals surface area contributed by atoms with Crippen LogP contribution in [-0.2, 0) is 0 Å². The lowest BCUT2D eigenvalue weighted by molar-refractivity contribution is 0.807. The fraction of sp³-hybridized carbons (Fsp3) is 0.429. The molecule has 2 nitrogen and oxygen atoms in total. The van der Waals surface area contributed by atoms with E-state index in [0.717, 1.165) is 11.4 Å². The van der Waals surface area contributed by atoms with Gasteiger partial charge in [-0.3, -0.25) is 0 Å². The maximum atomic E-state index is 2.72. The smallest absolute Gasteiger partial charge is 0.252 e. The first-order valence-corrected chi connectivity index (χ1v) is 42.2. The zero-order chi connectivity index (χ0) is 78.4. The maximum absolute atomic E-state index is 2.72. The van der Waals surface area contributed by atoms with Gasteiger partial charge in [0.2, 0.25) is 0 Å². The van der Waals surface area contributed by atoms with E-state index in [9.17, 15) is 0 Å². The Kier molecular flexibility index (Phi) is 23.0. The summed E-state index contributed by atoms with van der Waals surface area (Å²) in [4.78, 5) is 5.43. The molecule has 0 unspecified atom stereocenters. The van der Waals surface area contributed by atoms with Gasteiger partial charge in [0.15, 0.2) is 0 Å². The standard InChI is InChI=1S/C105H131BN2/c1-57(2)76-43-84(62(11)12)100(85(44-76)63(13)14)72-31-37-82(38-32-72)107-96-41-35-74(102-88(66(19)20)47-78(59(5)6)48-89(102)67(21)22)53-94(96)106-95-54-75(103-90(68(23)24)49-79(60(7)8)50-91(103)69(25)26)36-42-97(95)108(83-39-33-73(34-40-83)101-86(64(15)16)45-77(58(3)4)46-87(101)65(17)18)99-56-81(55-98(107)105(99)106)104-92(70(27)28)51-80(61(9)10)52-93(104)71(29)30/h31-71H,1-30H3. The van der Waals surface area contributed by atoms with Crippen LogP contribution in [0.2, 0.25) is 0 Å². The SMILES string of the molecule is CC(C)c1cc(C(C)C)c(-c2ccc(N3c4ccc(-c5c(C(C)C)cc(C(C)C)cc5C(C)C)cc4B4c5cc(-c6c(C(C)C)cc(C(C)C)cc6C(C)C)ccc5N(c5ccc(-c6c(C(C)C)cc(C(C)C)cc6C(C)C)cc5)c5cc(-c6c(C(C)C)cc(C(C)C)cc6C(C)C)cc3c54)cc2)c(C(C)C)c1. The zero-order valence-electron chi connectivity index (χ0n) is 72.1. The van der Waals surface area contributed by atoms with Crippen molar-refractivity contribution in [1.82, 2.24) is 0 Å². The minimum Gasteiger partial charge on any atom is -0.311 e. The summed E-state index contributed by atoms with van der Waals surface area (Å²) in [6, 6.07) is 66.0. The van der Waals surface area contributed by atoms with Gasteiger partial charge in [-0.2, -0.15) is 0 Å². The van der Waals surface area contributed by atoms with Crippen molar-refractivity contribution in [2.45, 2.75) is 296 Å². The fourth-order valence-corrected chi connectivity index (χ4v) is 18.0. The highest BCUT2D eigenvalue weighted by atomic mass is 15.2. The number of rotatable bonds is 22. The molecule has 0 radical (unpaired) electrons. The average Bonchev–Trinajstić information content (AvgIpc) is 0.692. The molecule has 2 heterocycles. The first kappa shape index (κ1) is 79.4. The van der Waals surface area contributed by atoms with E-state index in [-0.39, 0.29) is 18.5 Å². The van der Waals surface area contributed by atoms with Gasteiger partial charge in [0.1, 0.15) is 0 Å². The summed E-state index contributed by atoms with van der Waals surface area (Å²) in [7, 11) is 0. The highest BCUT2D eigenvalue weighted by molar-refractivity contribution is 7.00. The Morgan fingerprint density at radius 3 is 0.583 bits per heavy atom. The number of fused-ring (bicyclic) bond motifs is 4. The molecule has 0 saturated carbocycles. The van der Waals surface area contributed by atoms with Gasteiger partial charge in [0.05, 0.1) is 0 Å². The van der Waals surface area contributed by atoms with Crippen LogP contribution in [0.15, 0.2) is 158 Å². The van der Waals surface area contributed by atoms with E-state index in [2.05, 4.69) is 375 Å². The lowest BCUT2D eigenvalue weighted by Gasteiger charge is -2.45. The van der Waals surface area contributed by atoms with Crippen LogP contribution in [0, 0.1) is 0 Å². The Morgan fingerprint density at radius 2 is 0.380 bits per heavy atom. The predicted octanol–water partition coefficient (Wildman–Crippen LogP) is 31.0. The molecule has 0 N–H and O–H groups in total. The number of nitrogens with zero attached hydrogens (tertiary/aromatic N) is 2. The van der Waals surface area contributed by atoms with Gasteiger partial charge in [-0.25, -0.2) is 0 Å². The van der Waals surface area contributed by atoms with E-state index in [0.29, 0.717) is 76.9 Å². The number of benzene rings is 10. The fourth-order valence-electron chi connectivity index (χ4n) is 18.0. The molecular formula is C105H131BN2. The van der Waals surface area contributed by atoms with E-state index < -0.39 is 0 Å². The molecule has 10 aromatic carbocycles. The molecule has 0 saturated heterocycles. The van der Waals surface area contributed by atoms with Gasteiger partial charge in [0.25, 0.3) is 6.71 Å². The Balaban J connectivity index is 1.27. The summed E-state index contributed by atoms with van der Waals surface area (Å²) in [5.41, 5.74) is 45.9. The van der Waals surface area contributed by atoms with Crippen LogP contribution in [0.3, 0.4) is 0 Å². The second-order valence-corrected chi connectivity index (χ2v) is 37.4. The molecule has 3 heteroatoms. The molecule has 0 fully saturated rings. The van der Waals surface area contributed by atoms with Gasteiger partial charge in [-0.15, -0.1) is 0 Å². The van der Waals surface area contributed by atoms with E-state index in [4.69, 9.17) is 0 Å². The van der Waals surface area contributed by atoms with Crippen molar-refractivity contribution >= 4 is 57.2 Å². The molecule has 0 atom stereocenters. The molecule has 10 aromatic rings. The summed E-state index contributed by atoms with van der Waals surface area (Å²) in [6.45, 7) is 71.5. The number of anilines is 6. The molecule has 0 aromatic heterocycles. The molecule has 108 heavy (non-hydrogen) atoms. The normalized spacial score (nSPS) is 13.2. The van der Waals surface area contributed by atoms with Crippen molar-refractivity contribution in [3.8, 4) is 55.6 Å². The van der Waals surface area contributed by atoms with Crippen molar-refractivity contribution in [2.75, 3.05) is 9.80 Å². The first-order valence-electron chi connectivity index (χ1n) is 42.2. The summed E-state index contributed by atoms with van der Waals surface area (Å²) in [5, 5.41) is 0. The molecule has 0 bridgehead atoms. The first-order chi connectivity index (χ1) is 51.0. The lowest BCUT2D eigenvalue weighted by Crippen LogP contribution is -2.61. The highest BCUT2D eigenvalue weighted by Gasteiger charge is 2.45. The Morgan fingerprint density at radius 1 is 0.185 bits per heavy atom. The predicted molar refractivity (Wildman–Crippen MR) is 479 cm³/mol. The highest BCUT2D eigenvalue weighted by Crippen LogP contribution is 2.53. The van der Waals surface area contributed by atoms with Gasteiger partial charge in [-0.1, -0.05) is 317 Å². The summed E-state index contributed by atoms with van der Waals surface area (Å²) >= 11 is 0. The van der Waals surface area contributed by atoms with E-state index in [1.54, 1.807) is 0 Å². The Bertz CT molecular complexity index is 4550. The lowest BCUT2D eigenvalue weighted by atomic mass is 9.33. The van der Waals surface area contributed by atoms with Crippen LogP contribution in [0.25, 0.3) is 55.6 Å². The van der Waals surface area contributed by atoms with E-state index >= 15 is 0 Å². The van der Waals surface area contributed by atoms with Crippen LogP contribution in [0.1, 0.15) is 380 Å². The van der Waals surface area contributed by atoms with Crippen LogP contribution in [-0.4, -0.2) is 6.71 Å². The quantitative estimate of drug-likeness (QED) is 0.0624. The average molecular weight is 1430 g/mol. The molecule has 12 rings (SSSR count). The monoisotopic (exact) mass is 1430 g/mol. The molecule has 2 aliphatic heterocycles. The largest absolute Gasteiger partial charge is 0.311 e. The second kappa shape index (κ2) is 31.3. The topological polar surface area (TPSA) is 6.48 Å². The third-order valence-electron chi connectivity index (χ3n) is 24.4. The van der Waals surface area contributed by atoms with Crippen molar-refractivity contribution < 1.29 is 0 Å². The minimum atomic E-state index is -0.166. The summed E-state index contributed by atoms with van der Waals surface area (Å²) in [5.74, 6) is 5.21. The van der Waals surface area contributed by atoms with Crippen molar-refractivity contribution in [2.24, 2.45) is 0 Å². The van der Waals surface area contributed by atoms with Crippen molar-refractivity contribution in [3.05, 3.63) is 241 Å². The third-order valence-corrected chi connectivity index (χ3v) is 24.4. The Hall–Kier alpha value is -8.14. The van der Waals surface area contributed by atoms with Crippen molar-refractivity contribution in [1.29, 1.82) is 0 Å². The molecule has 564 valence electrons. The van der Waals surface area contributed by atoms with Gasteiger partial charge in [-0.05, 0) is 293 Å². The zero-order valence-corrected chi connectivity index (χ0v) is 72.1. The number of hydrogen-bond acceptors (Lipinski definition) is 2. The Labute approximate surface area is 656 Å². The van der Waals surface area contributed by atoms with E-state index in [1.807, 2.05) is 0 Å². The second-order valence-electron chi connectivity index (χ2n) is 37.4. The molecular weight excluding hydrogens is 1300 g/mol. The molecule has 0 spiro atoms. The van der Waals surface area contributed by atoms with Gasteiger partial charge < -0.3 is 9.80 Å². The third kappa shape index (κ3) is 14.7. The van der Waals surface area contributed by atoms with Gasteiger partial charge in [0, 0.05) is 34.1 Å². The number of hydrogen-bond donors (Lipinski definition) is 0. The van der Waals surface area contributed by atoms with Crippen LogP contribution >= 0.6 is 0 Å². The van der Waals surface area contributed by atoms with Crippen LogP contribution in [0.4, 0.5) is 34.1 Å². The molecule has 2 aliphatic rings. The van der Waals surface area contributed by atoms with Gasteiger partial charge >= 0.3 is 0 Å². The van der Waals surface area contributed by atoms with Crippen LogP contribution < -0.4 is 26.2 Å². The molecule has 0 aliphatic carbocycles. The maximum Gasteiger partial charge on any atom is 0.252 e. The summed E-state index contributed by atoms with van der Waals surface area (Å²) in [6.07, 6.45) is 0. The van der Waals surface area contributed by atoms with Crippen LogP contribution in [0.5, 0.6) is 0 Å².